The second kappa shape index (κ2) is 4.13. The highest BCUT2D eigenvalue weighted by Crippen LogP contribution is 2.24. The first-order valence-corrected chi connectivity index (χ1v) is 5.61. The lowest BCUT2D eigenvalue weighted by Crippen LogP contribution is -2.10. The lowest BCUT2D eigenvalue weighted by atomic mass is 10.0. The average Bonchev–Trinajstić information content (AvgIpc) is 2.74. The lowest BCUT2D eigenvalue weighted by molar-refractivity contribution is 0.617. The Morgan fingerprint density at radius 1 is 1.33 bits per heavy atom. The van der Waals surface area contributed by atoms with Crippen LogP contribution in [-0.2, 0) is 0 Å². The molecule has 0 aliphatic carbocycles. The largest absolute Gasteiger partial charge is 0.320 e. The molecule has 0 radical (unpaired) electrons. The minimum absolute atomic E-state index is 0.149. The molecule has 0 spiro atoms. The number of hydrogen-bond donors (Lipinski definition) is 1. The van der Waals surface area contributed by atoms with Crippen LogP contribution in [0.25, 0.3) is 0 Å². The summed E-state index contributed by atoms with van der Waals surface area (Å²) in [5.41, 5.74) is 7.66. The van der Waals surface area contributed by atoms with Crippen LogP contribution in [0.1, 0.15) is 22.0 Å². The first-order valence-electron chi connectivity index (χ1n) is 4.73. The van der Waals surface area contributed by atoms with Gasteiger partial charge in [-0.25, -0.2) is 4.39 Å². The summed E-state index contributed by atoms with van der Waals surface area (Å²) < 4.78 is 13.1. The second-order valence-electron chi connectivity index (χ2n) is 3.50. The van der Waals surface area contributed by atoms with Crippen molar-refractivity contribution in [1.29, 1.82) is 0 Å². The number of rotatable bonds is 2. The zero-order valence-electron chi connectivity index (χ0n) is 8.41. The van der Waals surface area contributed by atoms with Crippen molar-refractivity contribution in [2.75, 3.05) is 0 Å². The van der Waals surface area contributed by atoms with E-state index in [1.54, 1.807) is 30.4 Å². The minimum Gasteiger partial charge on any atom is -0.320 e. The molecule has 15 heavy (non-hydrogen) atoms. The van der Waals surface area contributed by atoms with E-state index >= 15 is 0 Å². The standard InChI is InChI=1S/C12H12FNS/c1-8-7-9(4-5-10(8)13)12(14)11-3-2-6-15-11/h2-7,12H,14H2,1H3/t12-/m1/s1. The van der Waals surface area contributed by atoms with Gasteiger partial charge in [0, 0.05) is 4.88 Å². The van der Waals surface area contributed by atoms with Crippen molar-refractivity contribution in [3.63, 3.8) is 0 Å². The third-order valence-electron chi connectivity index (χ3n) is 2.39. The molecule has 2 rings (SSSR count). The normalized spacial score (nSPS) is 12.7. The summed E-state index contributed by atoms with van der Waals surface area (Å²) in [5, 5.41) is 1.99. The van der Waals surface area contributed by atoms with Gasteiger partial charge in [0.2, 0.25) is 0 Å². The van der Waals surface area contributed by atoms with Crippen LogP contribution in [0.15, 0.2) is 35.7 Å². The number of nitrogens with two attached hydrogens (primary N) is 1. The molecule has 0 saturated heterocycles. The van der Waals surface area contributed by atoms with Gasteiger partial charge >= 0.3 is 0 Å². The smallest absolute Gasteiger partial charge is 0.126 e. The molecule has 0 aliphatic rings. The quantitative estimate of drug-likeness (QED) is 0.827. The number of aryl methyl sites for hydroxylation is 1. The Balaban J connectivity index is 2.34. The highest BCUT2D eigenvalue weighted by atomic mass is 32.1. The fourth-order valence-electron chi connectivity index (χ4n) is 1.49. The SMILES string of the molecule is Cc1cc([C@@H](N)c2cccs2)ccc1F. The molecule has 2 aromatic rings. The highest BCUT2D eigenvalue weighted by molar-refractivity contribution is 7.10. The Hall–Kier alpha value is -1.19. The maximum absolute atomic E-state index is 13.1. The first-order chi connectivity index (χ1) is 7.18. The first kappa shape index (κ1) is 10.3. The van der Waals surface area contributed by atoms with Crippen LogP contribution in [0.3, 0.4) is 0 Å². The van der Waals surface area contributed by atoms with Crippen molar-refractivity contribution < 1.29 is 4.39 Å². The summed E-state index contributed by atoms with van der Waals surface area (Å²) >= 11 is 1.62. The van der Waals surface area contributed by atoms with Crippen LogP contribution >= 0.6 is 11.3 Å². The van der Waals surface area contributed by atoms with Crippen molar-refractivity contribution in [1.82, 2.24) is 0 Å². The summed E-state index contributed by atoms with van der Waals surface area (Å²) in [5.74, 6) is -0.183. The maximum Gasteiger partial charge on any atom is 0.126 e. The van der Waals surface area contributed by atoms with Crippen LogP contribution in [0.4, 0.5) is 4.39 Å². The molecule has 1 aromatic heterocycles. The van der Waals surface area contributed by atoms with Crippen molar-refractivity contribution >= 4 is 11.3 Å². The van der Waals surface area contributed by atoms with E-state index in [1.807, 2.05) is 17.5 Å². The van der Waals surface area contributed by atoms with Crippen molar-refractivity contribution in [3.05, 3.63) is 57.5 Å². The van der Waals surface area contributed by atoms with Gasteiger partial charge in [-0.1, -0.05) is 18.2 Å². The van der Waals surface area contributed by atoms with Gasteiger partial charge in [-0.2, -0.15) is 0 Å². The van der Waals surface area contributed by atoms with Gasteiger partial charge in [-0.15, -0.1) is 11.3 Å². The van der Waals surface area contributed by atoms with Crippen molar-refractivity contribution in [3.8, 4) is 0 Å². The summed E-state index contributed by atoms with van der Waals surface area (Å²) in [4.78, 5) is 1.10. The van der Waals surface area contributed by atoms with Crippen molar-refractivity contribution in [2.24, 2.45) is 5.73 Å². The zero-order valence-corrected chi connectivity index (χ0v) is 9.22. The Morgan fingerprint density at radius 3 is 2.73 bits per heavy atom. The van der Waals surface area contributed by atoms with Gasteiger partial charge in [0.1, 0.15) is 5.82 Å². The molecule has 0 amide bonds. The van der Waals surface area contributed by atoms with E-state index in [1.165, 1.54) is 6.07 Å². The molecule has 1 atom stereocenters. The molecule has 2 N–H and O–H groups in total. The van der Waals surface area contributed by atoms with Gasteiger partial charge in [0.05, 0.1) is 6.04 Å². The highest BCUT2D eigenvalue weighted by Gasteiger charge is 2.10. The van der Waals surface area contributed by atoms with Gasteiger partial charge in [0.25, 0.3) is 0 Å². The molecular weight excluding hydrogens is 209 g/mol. The van der Waals surface area contributed by atoms with Gasteiger partial charge in [0.15, 0.2) is 0 Å². The average molecular weight is 221 g/mol. The number of halogens is 1. The van der Waals surface area contributed by atoms with Crippen LogP contribution < -0.4 is 5.73 Å². The summed E-state index contributed by atoms with van der Waals surface area (Å²) in [6.07, 6.45) is 0. The Kier molecular flexibility index (Phi) is 2.84. The second-order valence-corrected chi connectivity index (χ2v) is 4.48. The summed E-state index contributed by atoms with van der Waals surface area (Å²) in [6, 6.07) is 8.83. The number of benzene rings is 1. The molecule has 1 nitrogen and oxygen atoms in total. The molecule has 1 heterocycles. The van der Waals surface area contributed by atoms with Gasteiger partial charge < -0.3 is 5.73 Å². The molecule has 0 aliphatic heterocycles. The van der Waals surface area contributed by atoms with Crippen molar-refractivity contribution in [2.45, 2.75) is 13.0 Å². The topological polar surface area (TPSA) is 26.0 Å². The molecule has 0 bridgehead atoms. The molecule has 0 saturated carbocycles. The van der Waals surface area contributed by atoms with E-state index in [-0.39, 0.29) is 11.9 Å². The fourth-order valence-corrected chi connectivity index (χ4v) is 2.25. The maximum atomic E-state index is 13.1. The molecule has 0 unspecified atom stereocenters. The summed E-state index contributed by atoms with van der Waals surface area (Å²) in [7, 11) is 0. The lowest BCUT2D eigenvalue weighted by Gasteiger charge is -2.10. The van der Waals surface area contributed by atoms with Gasteiger partial charge in [-0.05, 0) is 35.6 Å². The van der Waals surface area contributed by atoms with Crippen LogP contribution in [0, 0.1) is 12.7 Å². The molecular formula is C12H12FNS. The van der Waals surface area contributed by atoms with Crippen LogP contribution in [0.2, 0.25) is 0 Å². The van der Waals surface area contributed by atoms with Crippen LogP contribution in [0.5, 0.6) is 0 Å². The van der Waals surface area contributed by atoms with E-state index in [9.17, 15) is 4.39 Å². The Morgan fingerprint density at radius 2 is 2.13 bits per heavy atom. The molecule has 3 heteroatoms. The van der Waals surface area contributed by atoms with E-state index in [2.05, 4.69) is 0 Å². The zero-order chi connectivity index (χ0) is 10.8. The van der Waals surface area contributed by atoms with E-state index in [0.29, 0.717) is 5.56 Å². The number of hydrogen-bond acceptors (Lipinski definition) is 2. The predicted octanol–water partition coefficient (Wildman–Crippen LogP) is 3.24. The monoisotopic (exact) mass is 221 g/mol. The fraction of sp³-hybridized carbons (Fsp3) is 0.167. The van der Waals surface area contributed by atoms with Crippen LogP contribution in [-0.4, -0.2) is 0 Å². The molecule has 0 fully saturated rings. The molecule has 78 valence electrons. The number of thiophene rings is 1. The minimum atomic E-state index is -0.183. The Labute approximate surface area is 92.4 Å². The predicted molar refractivity (Wildman–Crippen MR) is 61.5 cm³/mol. The van der Waals surface area contributed by atoms with E-state index in [0.717, 1.165) is 10.4 Å². The summed E-state index contributed by atoms with van der Waals surface area (Å²) in [6.45, 7) is 1.75. The third-order valence-corrected chi connectivity index (χ3v) is 3.35. The Bertz CT molecular complexity index is 451. The van der Waals surface area contributed by atoms with E-state index in [4.69, 9.17) is 5.73 Å². The third kappa shape index (κ3) is 2.08. The van der Waals surface area contributed by atoms with E-state index < -0.39 is 0 Å². The van der Waals surface area contributed by atoms with Gasteiger partial charge in [-0.3, -0.25) is 0 Å². The molecule has 1 aromatic carbocycles.